The molecule has 1 saturated heterocycles. The van der Waals surface area contributed by atoms with Crippen molar-refractivity contribution >= 4 is 5.91 Å². The molecule has 27 heavy (non-hydrogen) atoms. The van der Waals surface area contributed by atoms with Crippen LogP contribution in [0.5, 0.6) is 0 Å². The monoisotopic (exact) mass is 367 g/mol. The minimum absolute atomic E-state index is 0.201. The van der Waals surface area contributed by atoms with E-state index in [1.807, 2.05) is 54.6 Å². The standard InChI is InChI=1S/C21H21NO5/c1-24-21-16(22-19(23)14-8-4-2-5-9-14)12-17-18(27-21)13-25-20(26-17)15-10-6-3-7-11-15/h2-12,16,18,20-21H,13H2,1H3,(H,22,23)/t16-,18-,20-,21-/m1/s1. The van der Waals surface area contributed by atoms with Crippen molar-refractivity contribution in [3.63, 3.8) is 0 Å². The summed E-state index contributed by atoms with van der Waals surface area (Å²) < 4.78 is 23.1. The lowest BCUT2D eigenvalue weighted by Gasteiger charge is -2.39. The van der Waals surface area contributed by atoms with Crippen LogP contribution >= 0.6 is 0 Å². The molecule has 0 spiro atoms. The summed E-state index contributed by atoms with van der Waals surface area (Å²) in [4.78, 5) is 12.5. The van der Waals surface area contributed by atoms with Crippen LogP contribution in [0.15, 0.2) is 72.5 Å². The molecule has 0 aliphatic carbocycles. The van der Waals surface area contributed by atoms with Crippen molar-refractivity contribution < 1.29 is 23.7 Å². The van der Waals surface area contributed by atoms with Gasteiger partial charge < -0.3 is 24.3 Å². The molecule has 4 atom stereocenters. The fourth-order valence-corrected chi connectivity index (χ4v) is 3.16. The maximum Gasteiger partial charge on any atom is 0.251 e. The Bertz CT molecular complexity index is 808. The first-order chi connectivity index (χ1) is 13.2. The Kier molecular flexibility index (Phi) is 5.20. The number of hydrogen-bond donors (Lipinski definition) is 1. The first-order valence-corrected chi connectivity index (χ1v) is 8.83. The molecule has 0 bridgehead atoms. The van der Waals surface area contributed by atoms with E-state index in [1.165, 1.54) is 0 Å². The topological polar surface area (TPSA) is 66.0 Å². The molecule has 1 fully saturated rings. The van der Waals surface area contributed by atoms with Crippen LogP contribution in [-0.2, 0) is 18.9 Å². The molecule has 1 amide bonds. The summed E-state index contributed by atoms with van der Waals surface area (Å²) in [5, 5.41) is 2.94. The number of ether oxygens (including phenoxy) is 4. The lowest BCUT2D eigenvalue weighted by Crippen LogP contribution is -2.51. The second kappa shape index (κ2) is 7.92. The Morgan fingerprint density at radius 1 is 1.07 bits per heavy atom. The number of benzene rings is 2. The van der Waals surface area contributed by atoms with Crippen LogP contribution in [0.4, 0.5) is 0 Å². The first-order valence-electron chi connectivity index (χ1n) is 8.83. The van der Waals surface area contributed by atoms with Gasteiger partial charge in [0.2, 0.25) is 6.29 Å². The first kappa shape index (κ1) is 17.7. The minimum Gasteiger partial charge on any atom is -0.462 e. The van der Waals surface area contributed by atoms with Crippen LogP contribution in [0.2, 0.25) is 0 Å². The van der Waals surface area contributed by atoms with E-state index in [0.29, 0.717) is 17.9 Å². The predicted octanol–water partition coefficient (Wildman–Crippen LogP) is 2.79. The van der Waals surface area contributed by atoms with Crippen LogP contribution < -0.4 is 5.32 Å². The van der Waals surface area contributed by atoms with Crippen molar-refractivity contribution in [2.24, 2.45) is 0 Å². The van der Waals surface area contributed by atoms with Crippen molar-refractivity contribution in [1.29, 1.82) is 0 Å². The highest BCUT2D eigenvalue weighted by Crippen LogP contribution is 2.33. The summed E-state index contributed by atoms with van der Waals surface area (Å²) in [6.07, 6.45) is 0.371. The number of fused-ring (bicyclic) bond motifs is 1. The van der Waals surface area contributed by atoms with E-state index < -0.39 is 18.6 Å². The van der Waals surface area contributed by atoms with E-state index >= 15 is 0 Å². The smallest absolute Gasteiger partial charge is 0.251 e. The van der Waals surface area contributed by atoms with Crippen LogP contribution in [0.25, 0.3) is 0 Å². The Hall–Kier alpha value is -2.67. The summed E-state index contributed by atoms with van der Waals surface area (Å²) in [5.74, 6) is 0.440. The summed E-state index contributed by atoms with van der Waals surface area (Å²) in [6, 6.07) is 18.3. The molecule has 0 aromatic heterocycles. The Labute approximate surface area is 157 Å². The van der Waals surface area contributed by atoms with Crippen LogP contribution in [0.1, 0.15) is 22.2 Å². The van der Waals surface area contributed by atoms with Gasteiger partial charge in [0.15, 0.2) is 6.29 Å². The number of carbonyl (C=O) groups is 1. The maximum absolute atomic E-state index is 12.5. The molecular weight excluding hydrogens is 346 g/mol. The highest BCUT2D eigenvalue weighted by molar-refractivity contribution is 5.94. The molecule has 140 valence electrons. The van der Waals surface area contributed by atoms with Crippen molar-refractivity contribution in [3.8, 4) is 0 Å². The highest BCUT2D eigenvalue weighted by atomic mass is 16.7. The van der Waals surface area contributed by atoms with Crippen molar-refractivity contribution in [1.82, 2.24) is 5.32 Å². The van der Waals surface area contributed by atoms with E-state index in [2.05, 4.69) is 5.32 Å². The molecule has 2 aromatic carbocycles. The molecule has 0 saturated carbocycles. The van der Waals surface area contributed by atoms with Crippen molar-refractivity contribution in [3.05, 3.63) is 83.6 Å². The number of carbonyl (C=O) groups excluding carboxylic acids is 1. The fourth-order valence-electron chi connectivity index (χ4n) is 3.16. The van der Waals surface area contributed by atoms with Gasteiger partial charge in [-0.3, -0.25) is 4.79 Å². The number of nitrogens with one attached hydrogen (secondary N) is 1. The van der Waals surface area contributed by atoms with E-state index in [1.54, 1.807) is 19.2 Å². The molecule has 6 nitrogen and oxygen atoms in total. The predicted molar refractivity (Wildman–Crippen MR) is 97.7 cm³/mol. The third-order valence-corrected chi connectivity index (χ3v) is 4.53. The molecule has 0 radical (unpaired) electrons. The largest absolute Gasteiger partial charge is 0.462 e. The average molecular weight is 367 g/mol. The van der Waals surface area contributed by atoms with E-state index in [4.69, 9.17) is 18.9 Å². The Morgan fingerprint density at radius 2 is 1.78 bits per heavy atom. The minimum atomic E-state index is -0.619. The third kappa shape index (κ3) is 3.88. The molecule has 2 aromatic rings. The van der Waals surface area contributed by atoms with E-state index in [-0.39, 0.29) is 12.0 Å². The van der Waals surface area contributed by atoms with Gasteiger partial charge in [-0.2, -0.15) is 0 Å². The fraction of sp³-hybridized carbons (Fsp3) is 0.286. The molecule has 2 aliphatic rings. The molecule has 6 heteroatoms. The molecule has 4 rings (SSSR count). The van der Waals surface area contributed by atoms with Gasteiger partial charge in [-0.05, 0) is 18.2 Å². The van der Waals surface area contributed by atoms with Gasteiger partial charge in [0, 0.05) is 18.2 Å². The summed E-state index contributed by atoms with van der Waals surface area (Å²) in [5.41, 5.74) is 1.50. The number of methoxy groups -OCH3 is 1. The molecule has 1 N–H and O–H groups in total. The van der Waals surface area contributed by atoms with Gasteiger partial charge in [-0.1, -0.05) is 48.5 Å². The summed E-state index contributed by atoms with van der Waals surface area (Å²) >= 11 is 0. The van der Waals surface area contributed by atoms with Gasteiger partial charge in [0.25, 0.3) is 5.91 Å². The second-order valence-corrected chi connectivity index (χ2v) is 6.36. The zero-order chi connectivity index (χ0) is 18.6. The lowest BCUT2D eigenvalue weighted by atomic mass is 10.1. The molecular formula is C21H21NO5. The van der Waals surface area contributed by atoms with Crippen LogP contribution in [0, 0.1) is 0 Å². The zero-order valence-electron chi connectivity index (χ0n) is 14.9. The number of rotatable bonds is 4. The van der Waals surface area contributed by atoms with Gasteiger partial charge in [0.1, 0.15) is 17.9 Å². The molecule has 2 heterocycles. The van der Waals surface area contributed by atoms with E-state index in [0.717, 1.165) is 5.56 Å². The van der Waals surface area contributed by atoms with Crippen LogP contribution in [-0.4, -0.2) is 38.1 Å². The van der Waals surface area contributed by atoms with Crippen molar-refractivity contribution in [2.75, 3.05) is 13.7 Å². The summed E-state index contributed by atoms with van der Waals surface area (Å²) in [6.45, 7) is 0.352. The average Bonchev–Trinajstić information content (AvgIpc) is 2.74. The van der Waals surface area contributed by atoms with E-state index in [9.17, 15) is 4.79 Å². The lowest BCUT2D eigenvalue weighted by molar-refractivity contribution is -0.246. The quantitative estimate of drug-likeness (QED) is 0.900. The van der Waals surface area contributed by atoms with Gasteiger partial charge in [-0.25, -0.2) is 0 Å². The number of amides is 1. The summed E-state index contributed by atoms with van der Waals surface area (Å²) in [7, 11) is 1.54. The van der Waals surface area contributed by atoms with Gasteiger partial charge in [-0.15, -0.1) is 0 Å². The molecule has 2 aliphatic heterocycles. The highest BCUT2D eigenvalue weighted by Gasteiger charge is 2.38. The van der Waals surface area contributed by atoms with Gasteiger partial charge >= 0.3 is 0 Å². The van der Waals surface area contributed by atoms with Gasteiger partial charge in [0.05, 0.1) is 6.61 Å². The number of hydrogen-bond acceptors (Lipinski definition) is 5. The third-order valence-electron chi connectivity index (χ3n) is 4.53. The maximum atomic E-state index is 12.5. The molecule has 0 unspecified atom stereocenters. The Balaban J connectivity index is 1.52. The van der Waals surface area contributed by atoms with Crippen molar-refractivity contribution in [2.45, 2.75) is 24.7 Å². The normalized spacial score (nSPS) is 27.1. The van der Waals surface area contributed by atoms with Crippen LogP contribution in [0.3, 0.4) is 0 Å². The SMILES string of the molecule is CO[C@@H]1O[C@@H]2CO[C@@H](c3ccccc3)OC2=C[C@H]1NC(=O)c1ccccc1. The Morgan fingerprint density at radius 3 is 2.48 bits per heavy atom. The second-order valence-electron chi connectivity index (χ2n) is 6.36. The zero-order valence-corrected chi connectivity index (χ0v) is 14.9.